The molecule has 3 unspecified atom stereocenters. The van der Waals surface area contributed by atoms with Crippen LogP contribution in [0.15, 0.2) is 0 Å². The molecule has 2 fully saturated rings. The van der Waals surface area contributed by atoms with Gasteiger partial charge in [0.2, 0.25) is 5.91 Å². The standard InChI is InChI=1S/C13H25N3O/c1-15-13(17)8-11(9-14)16-7-6-10-4-2-3-5-12(10)16/h10-12H,2-9,14H2,1H3,(H,15,17). The monoisotopic (exact) mass is 239 g/mol. The van der Waals surface area contributed by atoms with Gasteiger partial charge in [-0.2, -0.15) is 0 Å². The molecule has 2 aliphatic rings. The van der Waals surface area contributed by atoms with Crippen LogP contribution in [0.4, 0.5) is 0 Å². The average molecular weight is 239 g/mol. The first kappa shape index (κ1) is 12.8. The van der Waals surface area contributed by atoms with E-state index in [-0.39, 0.29) is 11.9 Å². The second-order valence-electron chi connectivity index (χ2n) is 5.41. The van der Waals surface area contributed by atoms with Crippen LogP contribution in [0.5, 0.6) is 0 Å². The van der Waals surface area contributed by atoms with Crippen LogP contribution in [-0.4, -0.2) is 43.0 Å². The first-order valence-electron chi connectivity index (χ1n) is 6.92. The van der Waals surface area contributed by atoms with Crippen molar-refractivity contribution in [2.75, 3.05) is 20.1 Å². The lowest BCUT2D eigenvalue weighted by Gasteiger charge is -2.36. The van der Waals surface area contributed by atoms with Crippen molar-refractivity contribution in [1.29, 1.82) is 0 Å². The summed E-state index contributed by atoms with van der Waals surface area (Å²) in [6, 6.07) is 0.935. The van der Waals surface area contributed by atoms with E-state index in [9.17, 15) is 4.79 Å². The Bertz CT molecular complexity index is 269. The quantitative estimate of drug-likeness (QED) is 0.760. The maximum atomic E-state index is 11.5. The van der Waals surface area contributed by atoms with E-state index in [1.165, 1.54) is 32.1 Å². The van der Waals surface area contributed by atoms with Gasteiger partial charge in [-0.1, -0.05) is 12.8 Å². The molecular formula is C13H25N3O. The zero-order valence-electron chi connectivity index (χ0n) is 10.8. The molecule has 0 spiro atoms. The number of hydrogen-bond donors (Lipinski definition) is 2. The average Bonchev–Trinajstić information content (AvgIpc) is 2.79. The Hall–Kier alpha value is -0.610. The van der Waals surface area contributed by atoms with Gasteiger partial charge in [-0.3, -0.25) is 9.69 Å². The first-order chi connectivity index (χ1) is 8.26. The summed E-state index contributed by atoms with van der Waals surface area (Å²) in [5, 5.41) is 2.70. The van der Waals surface area contributed by atoms with Crippen molar-refractivity contribution in [3.63, 3.8) is 0 Å². The zero-order valence-corrected chi connectivity index (χ0v) is 10.8. The molecular weight excluding hydrogens is 214 g/mol. The lowest BCUT2D eigenvalue weighted by atomic mass is 9.85. The van der Waals surface area contributed by atoms with E-state index in [1.807, 2.05) is 0 Å². The first-order valence-corrected chi connectivity index (χ1v) is 6.92. The lowest BCUT2D eigenvalue weighted by molar-refractivity contribution is -0.121. The summed E-state index contributed by atoms with van der Waals surface area (Å²) in [4.78, 5) is 14.0. The molecule has 0 aromatic heterocycles. The fourth-order valence-electron chi connectivity index (χ4n) is 3.55. The molecule has 98 valence electrons. The smallest absolute Gasteiger partial charge is 0.221 e. The summed E-state index contributed by atoms with van der Waals surface area (Å²) in [5.41, 5.74) is 5.86. The van der Waals surface area contributed by atoms with Crippen LogP contribution in [0.3, 0.4) is 0 Å². The number of amides is 1. The molecule has 17 heavy (non-hydrogen) atoms. The van der Waals surface area contributed by atoms with Crippen LogP contribution >= 0.6 is 0 Å². The van der Waals surface area contributed by atoms with Crippen molar-refractivity contribution in [3.05, 3.63) is 0 Å². The Morgan fingerprint density at radius 1 is 1.41 bits per heavy atom. The largest absolute Gasteiger partial charge is 0.359 e. The molecule has 2 rings (SSSR count). The minimum atomic E-state index is 0.111. The normalized spacial score (nSPS) is 30.9. The van der Waals surface area contributed by atoms with Crippen LogP contribution in [-0.2, 0) is 4.79 Å². The van der Waals surface area contributed by atoms with Crippen molar-refractivity contribution in [1.82, 2.24) is 10.2 Å². The summed E-state index contributed by atoms with van der Waals surface area (Å²) in [5.74, 6) is 0.974. The van der Waals surface area contributed by atoms with Crippen molar-refractivity contribution >= 4 is 5.91 Å². The van der Waals surface area contributed by atoms with E-state index in [4.69, 9.17) is 5.73 Å². The van der Waals surface area contributed by atoms with Crippen molar-refractivity contribution < 1.29 is 4.79 Å². The van der Waals surface area contributed by atoms with Gasteiger partial charge in [0.1, 0.15) is 0 Å². The minimum absolute atomic E-state index is 0.111. The Morgan fingerprint density at radius 3 is 2.88 bits per heavy atom. The molecule has 1 aliphatic carbocycles. The van der Waals surface area contributed by atoms with Gasteiger partial charge in [0, 0.05) is 32.1 Å². The van der Waals surface area contributed by atoms with Crippen LogP contribution < -0.4 is 11.1 Å². The number of nitrogens with one attached hydrogen (secondary N) is 1. The topological polar surface area (TPSA) is 58.4 Å². The fraction of sp³-hybridized carbons (Fsp3) is 0.923. The van der Waals surface area contributed by atoms with Gasteiger partial charge in [-0.25, -0.2) is 0 Å². The Morgan fingerprint density at radius 2 is 2.18 bits per heavy atom. The molecule has 1 saturated carbocycles. The summed E-state index contributed by atoms with van der Waals surface area (Å²) in [7, 11) is 1.70. The zero-order chi connectivity index (χ0) is 12.3. The van der Waals surface area contributed by atoms with Gasteiger partial charge in [0.05, 0.1) is 0 Å². The molecule has 0 aromatic rings. The fourth-order valence-corrected chi connectivity index (χ4v) is 3.55. The molecule has 3 atom stereocenters. The highest BCUT2D eigenvalue weighted by molar-refractivity contribution is 5.76. The number of nitrogens with two attached hydrogens (primary N) is 1. The number of likely N-dealkylation sites (tertiary alicyclic amines) is 1. The lowest BCUT2D eigenvalue weighted by Crippen LogP contribution is -2.47. The number of carbonyl (C=O) groups excluding carboxylic acids is 1. The Balaban J connectivity index is 1.97. The third-order valence-electron chi connectivity index (χ3n) is 4.49. The predicted molar refractivity (Wildman–Crippen MR) is 68.6 cm³/mol. The molecule has 0 radical (unpaired) electrons. The van der Waals surface area contributed by atoms with E-state index < -0.39 is 0 Å². The van der Waals surface area contributed by atoms with E-state index in [0.717, 1.165) is 12.5 Å². The molecule has 4 heteroatoms. The highest BCUT2D eigenvalue weighted by Crippen LogP contribution is 2.37. The molecule has 4 nitrogen and oxygen atoms in total. The summed E-state index contributed by atoms with van der Waals surface area (Å²) < 4.78 is 0. The third kappa shape index (κ3) is 2.80. The van der Waals surface area contributed by atoms with Gasteiger partial charge in [-0.05, 0) is 31.7 Å². The molecule has 1 aliphatic heterocycles. The highest BCUT2D eigenvalue weighted by atomic mass is 16.1. The van der Waals surface area contributed by atoms with Crippen LogP contribution in [0, 0.1) is 5.92 Å². The van der Waals surface area contributed by atoms with Crippen molar-refractivity contribution in [2.24, 2.45) is 11.7 Å². The van der Waals surface area contributed by atoms with Crippen molar-refractivity contribution in [3.8, 4) is 0 Å². The molecule has 1 saturated heterocycles. The number of nitrogens with zero attached hydrogens (tertiary/aromatic N) is 1. The summed E-state index contributed by atoms with van der Waals surface area (Å²) >= 11 is 0. The minimum Gasteiger partial charge on any atom is -0.359 e. The van der Waals surface area contributed by atoms with E-state index in [1.54, 1.807) is 7.05 Å². The second-order valence-corrected chi connectivity index (χ2v) is 5.41. The van der Waals surface area contributed by atoms with Crippen LogP contribution in [0.25, 0.3) is 0 Å². The van der Waals surface area contributed by atoms with E-state index >= 15 is 0 Å². The van der Waals surface area contributed by atoms with Gasteiger partial charge < -0.3 is 11.1 Å². The van der Waals surface area contributed by atoms with E-state index in [2.05, 4.69) is 10.2 Å². The van der Waals surface area contributed by atoms with Crippen LogP contribution in [0.1, 0.15) is 38.5 Å². The third-order valence-corrected chi connectivity index (χ3v) is 4.49. The second kappa shape index (κ2) is 5.83. The summed E-state index contributed by atoms with van der Waals surface area (Å²) in [6.07, 6.45) is 7.26. The maximum absolute atomic E-state index is 11.5. The van der Waals surface area contributed by atoms with Gasteiger partial charge >= 0.3 is 0 Å². The molecule has 1 heterocycles. The molecule has 1 amide bonds. The molecule has 3 N–H and O–H groups in total. The SMILES string of the molecule is CNC(=O)CC(CN)N1CCC2CCCCC21. The summed E-state index contributed by atoms with van der Waals surface area (Å²) in [6.45, 7) is 1.73. The number of hydrogen-bond acceptors (Lipinski definition) is 3. The van der Waals surface area contributed by atoms with Crippen molar-refractivity contribution in [2.45, 2.75) is 50.6 Å². The Kier molecular flexibility index (Phi) is 4.40. The van der Waals surface area contributed by atoms with Crippen LogP contribution in [0.2, 0.25) is 0 Å². The molecule has 0 aromatic carbocycles. The molecule has 0 bridgehead atoms. The predicted octanol–water partition coefficient (Wildman–Crippen LogP) is 0.714. The van der Waals surface area contributed by atoms with Gasteiger partial charge in [-0.15, -0.1) is 0 Å². The van der Waals surface area contributed by atoms with E-state index in [0.29, 0.717) is 19.0 Å². The van der Waals surface area contributed by atoms with Gasteiger partial charge in [0.15, 0.2) is 0 Å². The number of carbonyl (C=O) groups is 1. The Labute approximate surface area is 104 Å². The van der Waals surface area contributed by atoms with Gasteiger partial charge in [0.25, 0.3) is 0 Å². The number of rotatable bonds is 4. The maximum Gasteiger partial charge on any atom is 0.221 e. The number of fused-ring (bicyclic) bond motifs is 1. The highest BCUT2D eigenvalue weighted by Gasteiger charge is 2.38.